The first kappa shape index (κ1) is 22.7. The lowest BCUT2D eigenvalue weighted by atomic mass is 9.83. The molecule has 0 saturated carbocycles. The van der Waals surface area contributed by atoms with Crippen molar-refractivity contribution in [2.45, 2.75) is 38.5 Å². The zero-order valence-corrected chi connectivity index (χ0v) is 19.9. The number of nitrogens with two attached hydrogens (primary N) is 1. The van der Waals surface area contributed by atoms with Crippen molar-refractivity contribution in [3.63, 3.8) is 0 Å². The Bertz CT molecular complexity index is 1460. The van der Waals surface area contributed by atoms with Crippen molar-refractivity contribution >= 4 is 33.6 Å². The van der Waals surface area contributed by atoms with Gasteiger partial charge in [0.2, 0.25) is 5.91 Å². The number of rotatable bonds is 8. The fourth-order valence-corrected chi connectivity index (χ4v) is 4.68. The highest BCUT2D eigenvalue weighted by atomic mass is 16.3. The van der Waals surface area contributed by atoms with E-state index in [0.29, 0.717) is 13.1 Å². The molecule has 1 atom stereocenters. The van der Waals surface area contributed by atoms with E-state index in [4.69, 9.17) is 10.2 Å². The molecule has 0 aliphatic rings. The summed E-state index contributed by atoms with van der Waals surface area (Å²) in [5.74, 6) is 1.09. The van der Waals surface area contributed by atoms with Gasteiger partial charge in [0.15, 0.2) is 0 Å². The van der Waals surface area contributed by atoms with E-state index in [1.54, 1.807) is 0 Å². The maximum absolute atomic E-state index is 12.6. The lowest BCUT2D eigenvalue weighted by Gasteiger charge is -2.24. The minimum Gasteiger partial charge on any atom is -0.459 e. The van der Waals surface area contributed by atoms with Gasteiger partial charge in [-0.2, -0.15) is 0 Å². The standard InChI is InChI=1S/C29H29N3O3/c1-29(2,28(30)34)26-22-13-7-8-14-23(22)32(18-24(33)19-10-4-3-5-11-19)27(26)31-17-21-16-20-12-6-9-15-25(20)35-21/h3-16,24,31,33H,17-18H2,1-2H3,(H2,30,34). The quantitative estimate of drug-likeness (QED) is 0.281. The van der Waals surface area contributed by atoms with Crippen molar-refractivity contribution in [2.75, 3.05) is 5.32 Å². The molecule has 1 amide bonds. The van der Waals surface area contributed by atoms with Gasteiger partial charge in [-0.15, -0.1) is 0 Å². The first-order chi connectivity index (χ1) is 16.9. The summed E-state index contributed by atoms with van der Waals surface area (Å²) in [6.45, 7) is 4.39. The van der Waals surface area contributed by atoms with Crippen LogP contribution in [0.15, 0.2) is 89.3 Å². The number of furan rings is 1. The lowest BCUT2D eigenvalue weighted by Crippen LogP contribution is -2.36. The number of primary amides is 1. The van der Waals surface area contributed by atoms with E-state index >= 15 is 0 Å². The Morgan fingerprint density at radius 2 is 1.71 bits per heavy atom. The van der Waals surface area contributed by atoms with E-state index < -0.39 is 17.4 Å². The molecule has 1 unspecified atom stereocenters. The topological polar surface area (TPSA) is 93.4 Å². The fraction of sp³-hybridized carbons (Fsp3) is 0.207. The van der Waals surface area contributed by atoms with Crippen LogP contribution in [0, 0.1) is 0 Å². The van der Waals surface area contributed by atoms with Crippen LogP contribution in [0.5, 0.6) is 0 Å². The Morgan fingerprint density at radius 1 is 1.03 bits per heavy atom. The first-order valence-electron chi connectivity index (χ1n) is 11.7. The maximum atomic E-state index is 12.6. The predicted octanol–water partition coefficient (Wildman–Crippen LogP) is 5.50. The molecule has 0 fully saturated rings. The molecule has 2 heterocycles. The number of aliphatic hydroxyl groups excluding tert-OH is 1. The first-order valence-corrected chi connectivity index (χ1v) is 11.7. The number of nitrogens with one attached hydrogen (secondary N) is 1. The molecule has 6 heteroatoms. The van der Waals surface area contributed by atoms with E-state index in [9.17, 15) is 9.90 Å². The number of nitrogens with zero attached hydrogens (tertiary/aromatic N) is 1. The van der Waals surface area contributed by atoms with E-state index in [2.05, 4.69) is 5.32 Å². The second-order valence-electron chi connectivity index (χ2n) is 9.37. The molecule has 0 aliphatic carbocycles. The number of aromatic nitrogens is 1. The fourth-order valence-electron chi connectivity index (χ4n) is 4.68. The van der Waals surface area contributed by atoms with Crippen LogP contribution in [0.25, 0.3) is 21.9 Å². The van der Waals surface area contributed by atoms with Crippen molar-refractivity contribution in [1.82, 2.24) is 4.57 Å². The summed E-state index contributed by atoms with van der Waals surface area (Å²) >= 11 is 0. The molecule has 35 heavy (non-hydrogen) atoms. The number of hydrogen-bond donors (Lipinski definition) is 3. The molecule has 0 saturated heterocycles. The monoisotopic (exact) mass is 467 g/mol. The Balaban J connectivity index is 1.62. The van der Waals surface area contributed by atoms with Gasteiger partial charge < -0.3 is 25.1 Å². The number of hydrogen-bond acceptors (Lipinski definition) is 4. The molecule has 0 aliphatic heterocycles. The predicted molar refractivity (Wildman–Crippen MR) is 139 cm³/mol. The molecule has 178 valence electrons. The molecule has 0 spiro atoms. The molecule has 2 aromatic heterocycles. The van der Waals surface area contributed by atoms with Crippen molar-refractivity contribution in [3.05, 3.63) is 102 Å². The number of carbonyl (C=O) groups is 1. The summed E-state index contributed by atoms with van der Waals surface area (Å²) in [7, 11) is 0. The van der Waals surface area contributed by atoms with Gasteiger partial charge in [-0.1, -0.05) is 66.7 Å². The number of carbonyl (C=O) groups excluding carboxylic acids is 1. The molecule has 3 aromatic carbocycles. The van der Waals surface area contributed by atoms with Gasteiger partial charge in [0.1, 0.15) is 17.2 Å². The molecule has 0 radical (unpaired) electrons. The van der Waals surface area contributed by atoms with Gasteiger partial charge in [0.25, 0.3) is 0 Å². The molecule has 5 aromatic rings. The molecular formula is C29H29N3O3. The average molecular weight is 468 g/mol. The second kappa shape index (κ2) is 8.96. The van der Waals surface area contributed by atoms with Crippen LogP contribution in [-0.2, 0) is 23.3 Å². The highest BCUT2D eigenvalue weighted by Gasteiger charge is 2.35. The van der Waals surface area contributed by atoms with Crippen LogP contribution in [0.3, 0.4) is 0 Å². The normalized spacial score (nSPS) is 12.8. The Labute approximate surface area is 204 Å². The third-order valence-electron chi connectivity index (χ3n) is 6.66. The van der Waals surface area contributed by atoms with Gasteiger partial charge >= 0.3 is 0 Å². The summed E-state index contributed by atoms with van der Waals surface area (Å²) in [5.41, 5.74) is 8.30. The molecule has 6 nitrogen and oxygen atoms in total. The van der Waals surface area contributed by atoms with Gasteiger partial charge in [-0.25, -0.2) is 0 Å². The molecule has 5 rings (SSSR count). The number of aliphatic hydroxyl groups is 1. The zero-order chi connectivity index (χ0) is 24.6. The van der Waals surface area contributed by atoms with Gasteiger partial charge in [0, 0.05) is 16.3 Å². The van der Waals surface area contributed by atoms with Gasteiger partial charge in [-0.05, 0) is 37.6 Å². The third kappa shape index (κ3) is 4.17. The van der Waals surface area contributed by atoms with Crippen LogP contribution in [-0.4, -0.2) is 15.6 Å². The van der Waals surface area contributed by atoms with E-state index in [0.717, 1.165) is 44.6 Å². The smallest absolute Gasteiger partial charge is 0.227 e. The number of benzene rings is 3. The maximum Gasteiger partial charge on any atom is 0.227 e. The molecule has 0 bridgehead atoms. The van der Waals surface area contributed by atoms with Crippen LogP contribution in [0.1, 0.15) is 36.8 Å². The number of anilines is 1. The summed E-state index contributed by atoms with van der Waals surface area (Å²) in [6.07, 6.45) is -0.733. The third-order valence-corrected chi connectivity index (χ3v) is 6.66. The molecule has 4 N–H and O–H groups in total. The highest BCUT2D eigenvalue weighted by Crippen LogP contribution is 2.40. The summed E-state index contributed by atoms with van der Waals surface area (Å²) in [5, 5.41) is 16.6. The largest absolute Gasteiger partial charge is 0.459 e. The van der Waals surface area contributed by atoms with E-state index in [1.165, 1.54) is 0 Å². The Hall–Kier alpha value is -4.03. The lowest BCUT2D eigenvalue weighted by molar-refractivity contribution is -0.122. The van der Waals surface area contributed by atoms with Gasteiger partial charge in [0.05, 0.1) is 30.1 Å². The van der Waals surface area contributed by atoms with E-state index in [1.807, 2.05) is 103 Å². The minimum atomic E-state index is -0.946. The summed E-state index contributed by atoms with van der Waals surface area (Å²) in [4.78, 5) is 12.6. The van der Waals surface area contributed by atoms with Crippen LogP contribution in [0.4, 0.5) is 5.82 Å². The number of amides is 1. The highest BCUT2D eigenvalue weighted by molar-refractivity contribution is 5.98. The summed E-state index contributed by atoms with van der Waals surface area (Å²) < 4.78 is 8.05. The zero-order valence-electron chi connectivity index (χ0n) is 19.9. The van der Waals surface area contributed by atoms with E-state index in [-0.39, 0.29) is 0 Å². The SMILES string of the molecule is CC(C)(C(N)=O)c1c(NCc2cc3ccccc3o2)n(CC(O)c2ccccc2)c2ccccc12. The van der Waals surface area contributed by atoms with Crippen LogP contribution < -0.4 is 11.1 Å². The van der Waals surface area contributed by atoms with Crippen molar-refractivity contribution < 1.29 is 14.3 Å². The van der Waals surface area contributed by atoms with Crippen molar-refractivity contribution in [3.8, 4) is 0 Å². The van der Waals surface area contributed by atoms with Crippen LogP contribution in [0.2, 0.25) is 0 Å². The van der Waals surface area contributed by atoms with Crippen LogP contribution >= 0.6 is 0 Å². The van der Waals surface area contributed by atoms with Gasteiger partial charge in [-0.3, -0.25) is 4.79 Å². The Kier molecular flexibility index (Phi) is 5.83. The number of fused-ring (bicyclic) bond motifs is 2. The molecular weight excluding hydrogens is 438 g/mol. The summed E-state index contributed by atoms with van der Waals surface area (Å²) in [6, 6.07) is 27.3. The van der Waals surface area contributed by atoms with Crippen molar-refractivity contribution in [1.29, 1.82) is 0 Å². The number of para-hydroxylation sites is 2. The van der Waals surface area contributed by atoms with Crippen molar-refractivity contribution in [2.24, 2.45) is 5.73 Å². The minimum absolute atomic E-state index is 0.307. The Morgan fingerprint density at radius 3 is 2.46 bits per heavy atom. The average Bonchev–Trinajstić information content (AvgIpc) is 3.42. The second-order valence-corrected chi connectivity index (χ2v) is 9.37.